The van der Waals surface area contributed by atoms with Gasteiger partial charge < -0.3 is 24.8 Å². The number of fused-ring (bicyclic) bond motifs is 2. The summed E-state index contributed by atoms with van der Waals surface area (Å²) in [6, 6.07) is 16.0. The smallest absolute Gasteiger partial charge is 0.191 e. The van der Waals surface area contributed by atoms with Crippen molar-refractivity contribution < 1.29 is 14.2 Å². The summed E-state index contributed by atoms with van der Waals surface area (Å²) in [5, 5.41) is 6.88. The summed E-state index contributed by atoms with van der Waals surface area (Å²) in [4.78, 5) is 4.34. The molecule has 0 radical (unpaired) electrons. The van der Waals surface area contributed by atoms with Gasteiger partial charge in [-0.15, -0.1) is 0 Å². The van der Waals surface area contributed by atoms with E-state index in [0.717, 1.165) is 30.1 Å². The van der Waals surface area contributed by atoms with Crippen LogP contribution in [0.3, 0.4) is 0 Å². The third kappa shape index (κ3) is 4.22. The van der Waals surface area contributed by atoms with E-state index in [9.17, 15) is 0 Å². The Hall–Kier alpha value is -2.73. The van der Waals surface area contributed by atoms with E-state index in [0.29, 0.717) is 36.3 Å². The number of ether oxygens (including phenoxy) is 3. The Morgan fingerprint density at radius 3 is 2.54 bits per heavy atom. The SMILES string of the molecule is CN=C(NCc1ccc(Oc2ccccc2OC)cc1)NC1CC2CCC1O2. The molecule has 2 aliphatic heterocycles. The van der Waals surface area contributed by atoms with E-state index in [1.807, 2.05) is 48.5 Å². The van der Waals surface area contributed by atoms with Gasteiger partial charge in [0.05, 0.1) is 25.4 Å². The highest BCUT2D eigenvalue weighted by Crippen LogP contribution is 2.34. The molecule has 3 unspecified atom stereocenters. The quantitative estimate of drug-likeness (QED) is 0.593. The van der Waals surface area contributed by atoms with Crippen LogP contribution in [0.5, 0.6) is 17.2 Å². The fourth-order valence-electron chi connectivity index (χ4n) is 3.85. The number of hydrogen-bond acceptors (Lipinski definition) is 4. The maximum Gasteiger partial charge on any atom is 0.191 e. The molecule has 6 heteroatoms. The van der Waals surface area contributed by atoms with E-state index in [1.54, 1.807) is 14.2 Å². The van der Waals surface area contributed by atoms with Crippen molar-refractivity contribution in [3.8, 4) is 17.2 Å². The number of methoxy groups -OCH3 is 1. The monoisotopic (exact) mass is 381 g/mol. The van der Waals surface area contributed by atoms with Crippen molar-refractivity contribution in [2.75, 3.05) is 14.2 Å². The number of hydrogen-bond donors (Lipinski definition) is 2. The molecular weight excluding hydrogens is 354 g/mol. The normalized spacial score (nSPS) is 23.5. The van der Waals surface area contributed by atoms with Gasteiger partial charge >= 0.3 is 0 Å². The minimum atomic E-state index is 0.329. The number of nitrogens with zero attached hydrogens (tertiary/aromatic N) is 1. The Kier molecular flexibility index (Phi) is 5.67. The Bertz CT molecular complexity index is 822. The summed E-state index contributed by atoms with van der Waals surface area (Å²) >= 11 is 0. The van der Waals surface area contributed by atoms with Gasteiger partial charge in [-0.05, 0) is 49.1 Å². The zero-order chi connectivity index (χ0) is 19.3. The topological polar surface area (TPSA) is 64.1 Å². The summed E-state index contributed by atoms with van der Waals surface area (Å²) in [7, 11) is 3.44. The van der Waals surface area contributed by atoms with Gasteiger partial charge in [-0.3, -0.25) is 4.99 Å². The maximum absolute atomic E-state index is 5.92. The number of para-hydroxylation sites is 2. The Labute approximate surface area is 165 Å². The highest BCUT2D eigenvalue weighted by molar-refractivity contribution is 5.80. The second kappa shape index (κ2) is 8.52. The molecule has 2 fully saturated rings. The zero-order valence-corrected chi connectivity index (χ0v) is 16.4. The molecule has 148 valence electrons. The van der Waals surface area contributed by atoms with Gasteiger partial charge in [0.25, 0.3) is 0 Å². The lowest BCUT2D eigenvalue weighted by Gasteiger charge is -2.22. The lowest BCUT2D eigenvalue weighted by Crippen LogP contribution is -2.47. The highest BCUT2D eigenvalue weighted by Gasteiger charge is 2.41. The number of nitrogens with one attached hydrogen (secondary N) is 2. The highest BCUT2D eigenvalue weighted by atomic mass is 16.5. The van der Waals surface area contributed by atoms with Crippen molar-refractivity contribution >= 4 is 5.96 Å². The maximum atomic E-state index is 5.92. The number of guanidine groups is 1. The van der Waals surface area contributed by atoms with Gasteiger partial charge in [0.15, 0.2) is 17.5 Å². The lowest BCUT2D eigenvalue weighted by molar-refractivity contribution is 0.0992. The standard InChI is InChI=1S/C22H27N3O3/c1-23-22(25-18-13-17-11-12-19(18)28-17)24-14-15-7-9-16(10-8-15)27-21-6-4-3-5-20(21)26-2/h3-10,17-19H,11-14H2,1-2H3,(H2,23,24,25). The molecule has 2 saturated heterocycles. The molecule has 3 atom stereocenters. The molecule has 28 heavy (non-hydrogen) atoms. The molecule has 0 aromatic heterocycles. The van der Waals surface area contributed by atoms with Gasteiger partial charge in [0.2, 0.25) is 0 Å². The van der Waals surface area contributed by atoms with Crippen molar-refractivity contribution in [3.05, 3.63) is 54.1 Å². The lowest BCUT2D eigenvalue weighted by atomic mass is 9.96. The summed E-state index contributed by atoms with van der Waals surface area (Å²) in [6.07, 6.45) is 4.16. The second-order valence-corrected chi connectivity index (χ2v) is 7.18. The molecule has 6 nitrogen and oxygen atoms in total. The molecule has 2 N–H and O–H groups in total. The van der Waals surface area contributed by atoms with Crippen LogP contribution >= 0.6 is 0 Å². The van der Waals surface area contributed by atoms with Crippen LogP contribution in [0.15, 0.2) is 53.5 Å². The second-order valence-electron chi connectivity index (χ2n) is 7.18. The molecule has 4 rings (SSSR count). The first-order chi connectivity index (χ1) is 13.7. The molecule has 2 heterocycles. The summed E-state index contributed by atoms with van der Waals surface area (Å²) in [5.41, 5.74) is 1.15. The van der Waals surface area contributed by atoms with Gasteiger partial charge in [-0.25, -0.2) is 0 Å². The van der Waals surface area contributed by atoms with Crippen LogP contribution in [0.2, 0.25) is 0 Å². The fraction of sp³-hybridized carbons (Fsp3) is 0.409. The van der Waals surface area contributed by atoms with E-state index in [2.05, 4.69) is 15.6 Å². The van der Waals surface area contributed by atoms with E-state index in [4.69, 9.17) is 14.2 Å². The van der Waals surface area contributed by atoms with Gasteiger partial charge in [0.1, 0.15) is 5.75 Å². The zero-order valence-electron chi connectivity index (χ0n) is 16.4. The van der Waals surface area contributed by atoms with Crippen molar-refractivity contribution in [1.82, 2.24) is 10.6 Å². The largest absolute Gasteiger partial charge is 0.493 e. The van der Waals surface area contributed by atoms with Crippen LogP contribution in [0.1, 0.15) is 24.8 Å². The summed E-state index contributed by atoms with van der Waals surface area (Å²) < 4.78 is 17.2. The van der Waals surface area contributed by atoms with Crippen LogP contribution < -0.4 is 20.1 Å². The van der Waals surface area contributed by atoms with E-state index < -0.39 is 0 Å². The number of aliphatic imine (C=N–C) groups is 1. The molecular formula is C22H27N3O3. The van der Waals surface area contributed by atoms with Crippen LogP contribution in [0, 0.1) is 0 Å². The predicted octanol–water partition coefficient (Wildman–Crippen LogP) is 3.47. The predicted molar refractivity (Wildman–Crippen MR) is 109 cm³/mol. The summed E-state index contributed by atoms with van der Waals surface area (Å²) in [6.45, 7) is 0.691. The average molecular weight is 381 g/mol. The number of benzene rings is 2. The van der Waals surface area contributed by atoms with Crippen molar-refractivity contribution in [1.29, 1.82) is 0 Å². The van der Waals surface area contributed by atoms with Crippen LogP contribution in [-0.4, -0.2) is 38.4 Å². The summed E-state index contributed by atoms with van der Waals surface area (Å²) in [5.74, 6) is 3.01. The average Bonchev–Trinajstić information content (AvgIpc) is 3.36. The van der Waals surface area contributed by atoms with E-state index in [-0.39, 0.29) is 0 Å². The first kappa shape index (κ1) is 18.6. The Balaban J connectivity index is 1.30. The van der Waals surface area contributed by atoms with Crippen molar-refractivity contribution in [3.63, 3.8) is 0 Å². The molecule has 0 amide bonds. The van der Waals surface area contributed by atoms with Gasteiger partial charge in [-0.1, -0.05) is 24.3 Å². The van der Waals surface area contributed by atoms with Crippen LogP contribution in [0.4, 0.5) is 0 Å². The third-order valence-corrected chi connectivity index (χ3v) is 5.33. The molecule has 2 bridgehead atoms. The minimum absolute atomic E-state index is 0.329. The minimum Gasteiger partial charge on any atom is -0.493 e. The fourth-order valence-corrected chi connectivity index (χ4v) is 3.85. The Morgan fingerprint density at radius 2 is 1.89 bits per heavy atom. The molecule has 0 saturated carbocycles. The molecule has 2 aromatic carbocycles. The van der Waals surface area contributed by atoms with E-state index >= 15 is 0 Å². The van der Waals surface area contributed by atoms with Crippen molar-refractivity contribution in [2.45, 2.75) is 44.1 Å². The first-order valence-corrected chi connectivity index (χ1v) is 9.77. The third-order valence-electron chi connectivity index (χ3n) is 5.33. The first-order valence-electron chi connectivity index (χ1n) is 9.77. The van der Waals surface area contributed by atoms with Gasteiger partial charge in [-0.2, -0.15) is 0 Å². The Morgan fingerprint density at radius 1 is 1.11 bits per heavy atom. The molecule has 2 aliphatic rings. The van der Waals surface area contributed by atoms with Crippen LogP contribution in [0.25, 0.3) is 0 Å². The molecule has 2 aromatic rings. The van der Waals surface area contributed by atoms with E-state index in [1.165, 1.54) is 6.42 Å². The van der Waals surface area contributed by atoms with Crippen LogP contribution in [-0.2, 0) is 11.3 Å². The van der Waals surface area contributed by atoms with Gasteiger partial charge in [0, 0.05) is 13.6 Å². The van der Waals surface area contributed by atoms with Crippen molar-refractivity contribution in [2.24, 2.45) is 4.99 Å². The molecule has 0 spiro atoms. The molecule has 0 aliphatic carbocycles. The number of rotatable bonds is 6.